The number of hydrogen-bond acceptors (Lipinski definition) is 3. The molecule has 118 valence electrons. The third kappa shape index (κ3) is 2.34. The van der Waals surface area contributed by atoms with E-state index in [4.69, 9.17) is 10.5 Å². The second-order valence-corrected chi connectivity index (χ2v) is 6.34. The number of carbonyl (C=O) groups excluding carboxylic acids is 2. The zero-order valence-electron chi connectivity index (χ0n) is 12.9. The number of benzene rings is 1. The summed E-state index contributed by atoms with van der Waals surface area (Å²) in [5.74, 6) is 0.279. The van der Waals surface area contributed by atoms with E-state index in [-0.39, 0.29) is 5.91 Å². The first kappa shape index (κ1) is 14.9. The maximum absolute atomic E-state index is 13.1. The summed E-state index contributed by atoms with van der Waals surface area (Å²) in [7, 11) is 1.58. The second kappa shape index (κ2) is 5.63. The highest BCUT2D eigenvalue weighted by atomic mass is 16.5. The van der Waals surface area contributed by atoms with Crippen molar-refractivity contribution in [3.63, 3.8) is 0 Å². The van der Waals surface area contributed by atoms with Gasteiger partial charge in [0.1, 0.15) is 11.8 Å². The predicted molar refractivity (Wildman–Crippen MR) is 83.6 cm³/mol. The quantitative estimate of drug-likeness (QED) is 0.930. The van der Waals surface area contributed by atoms with Crippen molar-refractivity contribution in [3.05, 3.63) is 24.3 Å². The third-order valence-electron chi connectivity index (χ3n) is 5.04. The van der Waals surface area contributed by atoms with Crippen molar-refractivity contribution in [1.29, 1.82) is 0 Å². The molecule has 0 aromatic heterocycles. The van der Waals surface area contributed by atoms with Crippen LogP contribution in [0.4, 0.5) is 5.69 Å². The first-order valence-corrected chi connectivity index (χ1v) is 7.84. The van der Waals surface area contributed by atoms with Gasteiger partial charge in [0.05, 0.1) is 12.5 Å². The number of carbonyl (C=O) groups is 2. The average Bonchev–Trinajstić information content (AvgIpc) is 2.81. The van der Waals surface area contributed by atoms with Gasteiger partial charge in [-0.25, -0.2) is 0 Å². The molecule has 2 aliphatic rings. The molecule has 1 spiro atoms. The van der Waals surface area contributed by atoms with Crippen LogP contribution < -0.4 is 15.4 Å². The van der Waals surface area contributed by atoms with Crippen LogP contribution in [0.5, 0.6) is 5.75 Å². The van der Waals surface area contributed by atoms with Gasteiger partial charge in [-0.05, 0) is 31.4 Å². The normalized spacial score (nSPS) is 23.8. The van der Waals surface area contributed by atoms with Crippen molar-refractivity contribution in [3.8, 4) is 5.75 Å². The van der Waals surface area contributed by atoms with Crippen molar-refractivity contribution >= 4 is 17.5 Å². The predicted octanol–water partition coefficient (Wildman–Crippen LogP) is 2.24. The van der Waals surface area contributed by atoms with Crippen molar-refractivity contribution < 1.29 is 14.3 Å². The highest BCUT2D eigenvalue weighted by molar-refractivity contribution is 6.06. The minimum absolute atomic E-state index is 0.0456. The van der Waals surface area contributed by atoms with Crippen LogP contribution in [0.2, 0.25) is 0 Å². The fourth-order valence-electron chi connectivity index (χ4n) is 3.88. The number of anilines is 1. The van der Waals surface area contributed by atoms with Crippen molar-refractivity contribution in [2.75, 3.05) is 12.0 Å². The van der Waals surface area contributed by atoms with E-state index in [0.29, 0.717) is 17.9 Å². The fourth-order valence-corrected chi connectivity index (χ4v) is 3.88. The minimum Gasteiger partial charge on any atom is -0.497 e. The number of methoxy groups -OCH3 is 1. The molecule has 1 aliphatic heterocycles. The van der Waals surface area contributed by atoms with E-state index in [1.807, 2.05) is 18.2 Å². The summed E-state index contributed by atoms with van der Waals surface area (Å²) in [6, 6.07) is 6.71. The lowest BCUT2D eigenvalue weighted by molar-refractivity contribution is -0.127. The molecule has 0 bridgehead atoms. The Morgan fingerprint density at radius 1 is 1.32 bits per heavy atom. The molecule has 1 heterocycles. The third-order valence-corrected chi connectivity index (χ3v) is 5.04. The standard InChI is InChI=1S/C17H22N2O3/c1-22-13-7-5-6-12(10-13)19-14(15(18)20)11-17(16(19)21)8-3-2-4-9-17/h5-7,10,14H,2-4,8-9,11H2,1H3,(H2,18,20). The van der Waals surface area contributed by atoms with E-state index in [1.54, 1.807) is 18.1 Å². The molecule has 1 aromatic rings. The van der Waals surface area contributed by atoms with E-state index in [1.165, 1.54) is 0 Å². The van der Waals surface area contributed by atoms with Crippen LogP contribution in [0.15, 0.2) is 24.3 Å². The van der Waals surface area contributed by atoms with Crippen LogP contribution in [0.3, 0.4) is 0 Å². The molecular formula is C17H22N2O3. The molecule has 1 unspecified atom stereocenters. The molecule has 1 saturated heterocycles. The summed E-state index contributed by atoms with van der Waals surface area (Å²) >= 11 is 0. The Labute approximate surface area is 130 Å². The van der Waals surface area contributed by atoms with E-state index in [2.05, 4.69) is 0 Å². The number of primary amides is 1. The molecule has 1 aliphatic carbocycles. The molecule has 2 amide bonds. The summed E-state index contributed by atoms with van der Waals surface area (Å²) in [4.78, 5) is 26.6. The number of hydrogen-bond donors (Lipinski definition) is 1. The Bertz CT molecular complexity index is 593. The molecule has 2 fully saturated rings. The molecule has 1 saturated carbocycles. The summed E-state index contributed by atoms with van der Waals surface area (Å²) in [5.41, 5.74) is 5.87. The number of amides is 2. The summed E-state index contributed by atoms with van der Waals surface area (Å²) in [6.07, 6.45) is 5.51. The van der Waals surface area contributed by atoms with Crippen LogP contribution in [0.25, 0.3) is 0 Å². The number of nitrogens with two attached hydrogens (primary N) is 1. The SMILES string of the molecule is COc1cccc(N2C(=O)C3(CCCCC3)CC2C(N)=O)c1. The average molecular weight is 302 g/mol. The Morgan fingerprint density at radius 3 is 2.68 bits per heavy atom. The molecule has 5 heteroatoms. The monoisotopic (exact) mass is 302 g/mol. The van der Waals surface area contributed by atoms with Crippen molar-refractivity contribution in [2.24, 2.45) is 11.1 Å². The van der Waals surface area contributed by atoms with Gasteiger partial charge < -0.3 is 10.5 Å². The van der Waals surface area contributed by atoms with E-state index in [9.17, 15) is 9.59 Å². The molecular weight excluding hydrogens is 280 g/mol. The fraction of sp³-hybridized carbons (Fsp3) is 0.529. The van der Waals surface area contributed by atoms with Gasteiger partial charge in [0.25, 0.3) is 0 Å². The number of nitrogens with zero attached hydrogens (tertiary/aromatic N) is 1. The first-order valence-electron chi connectivity index (χ1n) is 7.84. The lowest BCUT2D eigenvalue weighted by Crippen LogP contribution is -2.43. The van der Waals surface area contributed by atoms with Gasteiger partial charge >= 0.3 is 0 Å². The molecule has 0 radical (unpaired) electrons. The second-order valence-electron chi connectivity index (χ2n) is 6.34. The molecule has 1 atom stereocenters. The zero-order valence-corrected chi connectivity index (χ0v) is 12.9. The molecule has 2 N–H and O–H groups in total. The van der Waals surface area contributed by atoms with E-state index in [0.717, 1.165) is 32.1 Å². The Morgan fingerprint density at radius 2 is 2.05 bits per heavy atom. The summed E-state index contributed by atoms with van der Waals surface area (Å²) < 4.78 is 5.23. The summed E-state index contributed by atoms with van der Waals surface area (Å²) in [6.45, 7) is 0. The number of ether oxygens (including phenoxy) is 1. The maximum Gasteiger partial charge on any atom is 0.240 e. The Balaban J connectivity index is 1.99. The van der Waals surface area contributed by atoms with Crippen molar-refractivity contribution in [2.45, 2.75) is 44.6 Å². The molecule has 22 heavy (non-hydrogen) atoms. The minimum atomic E-state index is -0.558. The smallest absolute Gasteiger partial charge is 0.240 e. The number of rotatable bonds is 3. The largest absolute Gasteiger partial charge is 0.497 e. The summed E-state index contributed by atoms with van der Waals surface area (Å²) in [5, 5.41) is 0. The van der Waals surface area contributed by atoms with Gasteiger partial charge in [-0.2, -0.15) is 0 Å². The van der Waals surface area contributed by atoms with Gasteiger partial charge in [0, 0.05) is 11.8 Å². The van der Waals surface area contributed by atoms with Gasteiger partial charge in [-0.1, -0.05) is 25.3 Å². The Hall–Kier alpha value is -2.04. The van der Waals surface area contributed by atoms with Gasteiger partial charge in [0.15, 0.2) is 0 Å². The molecule has 3 rings (SSSR count). The topological polar surface area (TPSA) is 72.6 Å². The highest BCUT2D eigenvalue weighted by Gasteiger charge is 2.53. The van der Waals surface area contributed by atoms with Gasteiger partial charge in [0.2, 0.25) is 11.8 Å². The van der Waals surface area contributed by atoms with E-state index >= 15 is 0 Å². The van der Waals surface area contributed by atoms with Crippen LogP contribution >= 0.6 is 0 Å². The van der Waals surface area contributed by atoms with Gasteiger partial charge in [-0.3, -0.25) is 14.5 Å². The molecule has 1 aromatic carbocycles. The lowest BCUT2D eigenvalue weighted by Gasteiger charge is -2.31. The highest BCUT2D eigenvalue weighted by Crippen LogP contribution is 2.48. The van der Waals surface area contributed by atoms with Crippen molar-refractivity contribution in [1.82, 2.24) is 0 Å². The zero-order chi connectivity index (χ0) is 15.7. The van der Waals surface area contributed by atoms with Crippen LogP contribution in [-0.4, -0.2) is 25.0 Å². The first-order chi connectivity index (χ1) is 10.6. The van der Waals surface area contributed by atoms with Gasteiger partial charge in [-0.15, -0.1) is 0 Å². The van der Waals surface area contributed by atoms with Crippen LogP contribution in [0, 0.1) is 5.41 Å². The van der Waals surface area contributed by atoms with Crippen LogP contribution in [0.1, 0.15) is 38.5 Å². The van der Waals surface area contributed by atoms with E-state index < -0.39 is 17.4 Å². The van der Waals surface area contributed by atoms with Crippen LogP contribution in [-0.2, 0) is 9.59 Å². The lowest BCUT2D eigenvalue weighted by atomic mass is 9.72. The molecule has 5 nitrogen and oxygen atoms in total. The maximum atomic E-state index is 13.1. The Kier molecular flexibility index (Phi) is 3.81.